The predicted molar refractivity (Wildman–Crippen MR) is 83.5 cm³/mol. The van der Waals surface area contributed by atoms with E-state index in [-0.39, 0.29) is 18.0 Å². The molecule has 0 aromatic carbocycles. The van der Waals surface area contributed by atoms with Crippen LogP contribution >= 0.6 is 0 Å². The molecule has 0 fully saturated rings. The minimum atomic E-state index is -0.813. The Morgan fingerprint density at radius 3 is 2.10 bits per heavy atom. The zero-order valence-electron chi connectivity index (χ0n) is 14.1. The van der Waals surface area contributed by atoms with Gasteiger partial charge in [0, 0.05) is 6.42 Å². The summed E-state index contributed by atoms with van der Waals surface area (Å²) in [7, 11) is 0. The normalized spacial score (nSPS) is 17.9. The van der Waals surface area contributed by atoms with Crippen molar-refractivity contribution in [1.29, 1.82) is 0 Å². The van der Waals surface area contributed by atoms with Crippen LogP contribution in [0.1, 0.15) is 67.2 Å². The van der Waals surface area contributed by atoms with Gasteiger partial charge in [0.15, 0.2) is 0 Å². The SMILES string of the molecule is C=CCC(O)(CC)CCOC(=O)C(C)(CC)C(C)(C)C. The number of rotatable bonds is 8. The molecule has 20 heavy (non-hydrogen) atoms. The van der Waals surface area contributed by atoms with Gasteiger partial charge in [0.25, 0.3) is 0 Å². The van der Waals surface area contributed by atoms with Crippen LogP contribution in [0, 0.1) is 10.8 Å². The molecule has 118 valence electrons. The summed E-state index contributed by atoms with van der Waals surface area (Å²) in [5.41, 5.74) is -1.47. The van der Waals surface area contributed by atoms with Gasteiger partial charge in [0.05, 0.1) is 17.6 Å². The second-order valence-corrected chi connectivity index (χ2v) is 6.89. The van der Waals surface area contributed by atoms with Gasteiger partial charge in [-0.05, 0) is 31.6 Å². The third-order valence-electron chi connectivity index (χ3n) is 4.80. The van der Waals surface area contributed by atoms with Crippen LogP contribution in [0.2, 0.25) is 0 Å². The molecule has 0 aliphatic heterocycles. The van der Waals surface area contributed by atoms with Gasteiger partial charge in [-0.2, -0.15) is 0 Å². The molecule has 0 aromatic rings. The van der Waals surface area contributed by atoms with E-state index in [1.165, 1.54) is 0 Å². The Bertz CT molecular complexity index is 330. The van der Waals surface area contributed by atoms with Crippen LogP contribution in [0.25, 0.3) is 0 Å². The largest absolute Gasteiger partial charge is 0.465 e. The molecule has 0 aromatic heterocycles. The molecule has 0 spiro atoms. The fourth-order valence-corrected chi connectivity index (χ4v) is 2.17. The minimum absolute atomic E-state index is 0.152. The molecule has 0 aliphatic carbocycles. The zero-order chi connectivity index (χ0) is 16.0. The smallest absolute Gasteiger partial charge is 0.312 e. The van der Waals surface area contributed by atoms with E-state index >= 15 is 0 Å². The van der Waals surface area contributed by atoms with Crippen molar-refractivity contribution >= 4 is 5.97 Å². The molecule has 2 unspecified atom stereocenters. The first-order chi connectivity index (χ1) is 9.06. The Kier molecular flexibility index (Phi) is 6.96. The first-order valence-electron chi connectivity index (χ1n) is 7.57. The molecule has 1 N–H and O–H groups in total. The molecule has 3 nitrogen and oxygen atoms in total. The third-order valence-corrected chi connectivity index (χ3v) is 4.80. The molecule has 2 atom stereocenters. The highest BCUT2D eigenvalue weighted by atomic mass is 16.5. The maximum absolute atomic E-state index is 12.4. The lowest BCUT2D eigenvalue weighted by Crippen LogP contribution is -2.41. The molecule has 0 saturated carbocycles. The average molecular weight is 284 g/mol. The summed E-state index contributed by atoms with van der Waals surface area (Å²) in [6.07, 6.45) is 4.04. The second-order valence-electron chi connectivity index (χ2n) is 6.89. The van der Waals surface area contributed by atoms with E-state index in [2.05, 4.69) is 27.4 Å². The van der Waals surface area contributed by atoms with Gasteiger partial charge in [0.2, 0.25) is 0 Å². The number of hydrogen-bond acceptors (Lipinski definition) is 3. The van der Waals surface area contributed by atoms with Crippen molar-refractivity contribution in [3.05, 3.63) is 12.7 Å². The van der Waals surface area contributed by atoms with E-state index in [1.807, 2.05) is 20.8 Å². The predicted octanol–water partition coefficient (Wildman–Crippen LogP) is 4.10. The van der Waals surface area contributed by atoms with Crippen LogP contribution in [-0.4, -0.2) is 23.3 Å². The number of ether oxygens (including phenoxy) is 1. The van der Waals surface area contributed by atoms with E-state index < -0.39 is 11.0 Å². The highest BCUT2D eigenvalue weighted by Gasteiger charge is 2.44. The standard InChI is InChI=1S/C17H32O3/c1-8-11-17(19,10-3)12-13-20-14(18)16(7,9-2)15(4,5)6/h8,19H,1,9-13H2,2-7H3. The van der Waals surface area contributed by atoms with Gasteiger partial charge >= 0.3 is 5.97 Å². The molecule has 0 rings (SSSR count). The maximum atomic E-state index is 12.4. The van der Waals surface area contributed by atoms with Crippen molar-refractivity contribution in [2.24, 2.45) is 10.8 Å². The van der Waals surface area contributed by atoms with Crippen LogP contribution in [0.4, 0.5) is 0 Å². The van der Waals surface area contributed by atoms with Gasteiger partial charge in [-0.1, -0.05) is 40.7 Å². The number of carbonyl (C=O) groups is 1. The summed E-state index contributed by atoms with van der Waals surface area (Å²) in [6, 6.07) is 0. The van der Waals surface area contributed by atoms with Gasteiger partial charge in [0.1, 0.15) is 0 Å². The van der Waals surface area contributed by atoms with Crippen LogP contribution in [0.3, 0.4) is 0 Å². The van der Waals surface area contributed by atoms with Crippen LogP contribution in [-0.2, 0) is 9.53 Å². The van der Waals surface area contributed by atoms with Gasteiger partial charge < -0.3 is 9.84 Å². The second kappa shape index (κ2) is 7.26. The Labute approximate surface area is 124 Å². The van der Waals surface area contributed by atoms with Crippen LogP contribution < -0.4 is 0 Å². The lowest BCUT2D eigenvalue weighted by Gasteiger charge is -2.39. The van der Waals surface area contributed by atoms with E-state index in [0.29, 0.717) is 19.3 Å². The van der Waals surface area contributed by atoms with E-state index in [4.69, 9.17) is 4.74 Å². The Morgan fingerprint density at radius 2 is 1.75 bits per heavy atom. The average Bonchev–Trinajstić information content (AvgIpc) is 2.36. The molecule has 3 heteroatoms. The summed E-state index contributed by atoms with van der Waals surface area (Å²) in [4.78, 5) is 12.4. The summed E-state index contributed by atoms with van der Waals surface area (Å²) in [5.74, 6) is -0.176. The summed E-state index contributed by atoms with van der Waals surface area (Å²) in [5, 5.41) is 10.3. The lowest BCUT2D eigenvalue weighted by atomic mass is 9.66. The molecule has 0 bridgehead atoms. The minimum Gasteiger partial charge on any atom is -0.465 e. The van der Waals surface area contributed by atoms with E-state index in [1.54, 1.807) is 6.08 Å². The zero-order valence-corrected chi connectivity index (χ0v) is 14.1. The fourth-order valence-electron chi connectivity index (χ4n) is 2.17. The monoisotopic (exact) mass is 284 g/mol. The van der Waals surface area contributed by atoms with Crippen molar-refractivity contribution in [3.63, 3.8) is 0 Å². The van der Waals surface area contributed by atoms with Crippen LogP contribution in [0.15, 0.2) is 12.7 Å². The first-order valence-corrected chi connectivity index (χ1v) is 7.57. The Morgan fingerprint density at radius 1 is 1.20 bits per heavy atom. The van der Waals surface area contributed by atoms with E-state index in [0.717, 1.165) is 6.42 Å². The van der Waals surface area contributed by atoms with Crippen molar-refractivity contribution < 1.29 is 14.6 Å². The van der Waals surface area contributed by atoms with Gasteiger partial charge in [-0.25, -0.2) is 0 Å². The third kappa shape index (κ3) is 4.62. The molecule has 0 heterocycles. The molecular formula is C17H32O3. The Balaban J connectivity index is 4.60. The molecule has 0 saturated heterocycles. The molecular weight excluding hydrogens is 252 g/mol. The maximum Gasteiger partial charge on any atom is 0.312 e. The first kappa shape index (κ1) is 19.2. The lowest BCUT2D eigenvalue weighted by molar-refractivity contribution is -0.163. The number of carbonyl (C=O) groups excluding carboxylic acids is 1. The number of esters is 1. The topological polar surface area (TPSA) is 46.5 Å². The molecule has 0 aliphatic rings. The molecule has 0 radical (unpaired) electrons. The van der Waals surface area contributed by atoms with Gasteiger partial charge in [-0.3, -0.25) is 4.79 Å². The van der Waals surface area contributed by atoms with Crippen molar-refractivity contribution in [3.8, 4) is 0 Å². The summed E-state index contributed by atoms with van der Waals surface area (Å²) < 4.78 is 5.44. The van der Waals surface area contributed by atoms with Crippen molar-refractivity contribution in [1.82, 2.24) is 0 Å². The Hall–Kier alpha value is -0.830. The highest BCUT2D eigenvalue weighted by Crippen LogP contribution is 2.42. The number of hydrogen-bond donors (Lipinski definition) is 1. The van der Waals surface area contributed by atoms with Crippen molar-refractivity contribution in [2.75, 3.05) is 6.61 Å². The van der Waals surface area contributed by atoms with Gasteiger partial charge in [-0.15, -0.1) is 6.58 Å². The van der Waals surface area contributed by atoms with Crippen LogP contribution in [0.5, 0.6) is 0 Å². The fraction of sp³-hybridized carbons (Fsp3) is 0.824. The highest BCUT2D eigenvalue weighted by molar-refractivity contribution is 5.77. The summed E-state index contributed by atoms with van der Waals surface area (Å²) >= 11 is 0. The molecule has 0 amide bonds. The summed E-state index contributed by atoms with van der Waals surface area (Å²) in [6.45, 7) is 16.0. The van der Waals surface area contributed by atoms with Crippen molar-refractivity contribution in [2.45, 2.75) is 72.8 Å². The quantitative estimate of drug-likeness (QED) is 0.539. The number of aliphatic hydroxyl groups is 1. The van der Waals surface area contributed by atoms with E-state index in [9.17, 15) is 9.90 Å².